The first-order chi connectivity index (χ1) is 16.3. The van der Waals surface area contributed by atoms with Gasteiger partial charge in [-0.3, -0.25) is 9.10 Å². The number of nitrogens with zero attached hydrogens (tertiary/aromatic N) is 2. The minimum Gasteiger partial charge on any atom is -0.494 e. The highest BCUT2D eigenvalue weighted by Crippen LogP contribution is 2.24. The van der Waals surface area contributed by atoms with Crippen molar-refractivity contribution in [3.05, 3.63) is 89.5 Å². The van der Waals surface area contributed by atoms with Gasteiger partial charge in [-0.1, -0.05) is 42.3 Å². The van der Waals surface area contributed by atoms with E-state index in [1.807, 2.05) is 45.0 Å². The Labute approximate surface area is 201 Å². The molecule has 0 saturated heterocycles. The van der Waals surface area contributed by atoms with Gasteiger partial charge in [0.2, 0.25) is 0 Å². The van der Waals surface area contributed by atoms with Gasteiger partial charge < -0.3 is 4.74 Å². The topological polar surface area (TPSA) is 88.1 Å². The number of rotatable bonds is 10. The van der Waals surface area contributed by atoms with Crippen LogP contribution in [0.3, 0.4) is 0 Å². The van der Waals surface area contributed by atoms with Gasteiger partial charge in [-0.25, -0.2) is 13.8 Å². The predicted octanol–water partition coefficient (Wildman–Crippen LogP) is 4.44. The van der Waals surface area contributed by atoms with E-state index in [0.717, 1.165) is 33.2 Å². The molecule has 0 saturated carbocycles. The molecule has 0 aliphatic heterocycles. The van der Waals surface area contributed by atoms with Gasteiger partial charge in [-0.15, -0.1) is 0 Å². The van der Waals surface area contributed by atoms with Crippen molar-refractivity contribution in [3.63, 3.8) is 0 Å². The molecule has 1 N–H and O–H groups in total. The molecule has 0 radical (unpaired) electrons. The molecule has 3 aromatic rings. The Balaban J connectivity index is 1.74. The third kappa shape index (κ3) is 6.68. The van der Waals surface area contributed by atoms with Crippen molar-refractivity contribution in [1.82, 2.24) is 5.43 Å². The maximum absolute atomic E-state index is 13.4. The fourth-order valence-corrected chi connectivity index (χ4v) is 4.50. The summed E-state index contributed by atoms with van der Waals surface area (Å²) in [5.74, 6) is 0.202. The Bertz CT molecular complexity index is 1220. The second kappa shape index (κ2) is 11.5. The summed E-state index contributed by atoms with van der Waals surface area (Å²) >= 11 is 0. The highest BCUT2D eigenvalue weighted by Gasteiger charge is 2.27. The Morgan fingerprint density at radius 1 is 0.941 bits per heavy atom. The average Bonchev–Trinajstić information content (AvgIpc) is 2.83. The zero-order valence-corrected chi connectivity index (χ0v) is 20.4. The Kier molecular flexibility index (Phi) is 8.43. The Morgan fingerprint density at radius 2 is 1.53 bits per heavy atom. The largest absolute Gasteiger partial charge is 0.494 e. The number of ether oxygens (including phenoxy) is 1. The van der Waals surface area contributed by atoms with Gasteiger partial charge in [0, 0.05) is 0 Å². The molecule has 0 unspecified atom stereocenters. The van der Waals surface area contributed by atoms with Crippen LogP contribution in [0.25, 0.3) is 0 Å². The number of hydrogen-bond acceptors (Lipinski definition) is 5. The number of nitrogens with one attached hydrogen (secondary N) is 1. The van der Waals surface area contributed by atoms with Crippen LogP contribution in [0, 0.1) is 13.8 Å². The second-order valence-electron chi connectivity index (χ2n) is 7.87. The number of carbonyl (C=O) groups excluding carboxylic acids is 1. The molecular weight excluding hydrogens is 450 g/mol. The van der Waals surface area contributed by atoms with E-state index in [9.17, 15) is 13.2 Å². The van der Waals surface area contributed by atoms with Crippen LogP contribution in [0.4, 0.5) is 5.69 Å². The Hall–Kier alpha value is -3.65. The second-order valence-corrected chi connectivity index (χ2v) is 9.73. The van der Waals surface area contributed by atoms with E-state index >= 15 is 0 Å². The summed E-state index contributed by atoms with van der Waals surface area (Å²) < 4.78 is 33.4. The summed E-state index contributed by atoms with van der Waals surface area (Å²) in [5, 5.41) is 3.97. The number of carbonyl (C=O) groups is 1. The highest BCUT2D eigenvalue weighted by molar-refractivity contribution is 7.92. The summed E-state index contributed by atoms with van der Waals surface area (Å²) in [5.41, 5.74) is 5.51. The van der Waals surface area contributed by atoms with Crippen molar-refractivity contribution in [2.45, 2.75) is 32.1 Å². The summed E-state index contributed by atoms with van der Waals surface area (Å²) in [6, 6.07) is 20.8. The smallest absolute Gasteiger partial charge is 0.264 e. The molecule has 34 heavy (non-hydrogen) atoms. The van der Waals surface area contributed by atoms with E-state index in [4.69, 9.17) is 4.74 Å². The summed E-state index contributed by atoms with van der Waals surface area (Å²) in [6.07, 6.45) is 2.42. The first-order valence-corrected chi connectivity index (χ1v) is 12.4. The normalized spacial score (nSPS) is 11.4. The van der Waals surface area contributed by atoms with E-state index in [1.54, 1.807) is 36.4 Å². The molecule has 0 heterocycles. The molecular formula is C26H29N3O4S. The zero-order valence-electron chi connectivity index (χ0n) is 19.6. The molecule has 1 amide bonds. The maximum Gasteiger partial charge on any atom is 0.264 e. The molecule has 0 atom stereocenters. The van der Waals surface area contributed by atoms with Gasteiger partial charge in [-0.05, 0) is 74.4 Å². The SMILES string of the molecule is CCCOc1ccc(/C=N\NC(=O)CN(c2ccc(C)cc2)S(=O)(=O)c2ccc(C)cc2)cc1. The van der Waals surface area contributed by atoms with Gasteiger partial charge in [0.25, 0.3) is 15.9 Å². The lowest BCUT2D eigenvalue weighted by molar-refractivity contribution is -0.119. The molecule has 0 bridgehead atoms. The van der Waals surface area contributed by atoms with Crippen molar-refractivity contribution in [2.75, 3.05) is 17.5 Å². The molecule has 0 aliphatic carbocycles. The van der Waals surface area contributed by atoms with Crippen LogP contribution in [0.2, 0.25) is 0 Å². The van der Waals surface area contributed by atoms with E-state index in [1.165, 1.54) is 18.3 Å². The quantitative estimate of drug-likeness (QED) is 0.344. The molecule has 0 fully saturated rings. The molecule has 3 aromatic carbocycles. The van der Waals surface area contributed by atoms with Gasteiger partial charge in [0.15, 0.2) is 0 Å². The van der Waals surface area contributed by atoms with Crippen LogP contribution in [-0.2, 0) is 14.8 Å². The van der Waals surface area contributed by atoms with Crippen molar-refractivity contribution in [1.29, 1.82) is 0 Å². The van der Waals surface area contributed by atoms with Gasteiger partial charge in [0.05, 0.1) is 23.4 Å². The first-order valence-electron chi connectivity index (χ1n) is 11.0. The first kappa shape index (κ1) is 25.0. The average molecular weight is 480 g/mol. The van der Waals surface area contributed by atoms with Crippen LogP contribution in [0.15, 0.2) is 82.8 Å². The van der Waals surface area contributed by atoms with E-state index in [-0.39, 0.29) is 4.90 Å². The van der Waals surface area contributed by atoms with E-state index in [0.29, 0.717) is 12.3 Å². The number of hydrogen-bond donors (Lipinski definition) is 1. The van der Waals surface area contributed by atoms with Crippen molar-refractivity contribution >= 4 is 27.8 Å². The van der Waals surface area contributed by atoms with E-state index in [2.05, 4.69) is 10.5 Å². The molecule has 7 nitrogen and oxygen atoms in total. The number of amides is 1. The van der Waals surface area contributed by atoms with Crippen LogP contribution in [-0.4, -0.2) is 33.7 Å². The third-order valence-corrected chi connectivity index (χ3v) is 6.76. The zero-order chi connectivity index (χ0) is 24.6. The number of aryl methyl sites for hydroxylation is 2. The maximum atomic E-state index is 13.4. The molecule has 8 heteroatoms. The van der Waals surface area contributed by atoms with Crippen LogP contribution < -0.4 is 14.5 Å². The minimum absolute atomic E-state index is 0.111. The summed E-state index contributed by atoms with van der Waals surface area (Å²) in [7, 11) is -3.96. The standard InChI is InChI=1S/C26H29N3O4S/c1-4-17-33-24-13-9-22(10-14-24)18-27-28-26(30)19-29(23-11-5-20(2)6-12-23)34(31,32)25-15-7-21(3)8-16-25/h5-16,18H,4,17,19H2,1-3H3,(H,28,30)/b27-18-. The summed E-state index contributed by atoms with van der Waals surface area (Å²) in [6.45, 7) is 6.06. The predicted molar refractivity (Wildman–Crippen MR) is 135 cm³/mol. The van der Waals surface area contributed by atoms with Gasteiger partial charge in [-0.2, -0.15) is 5.10 Å². The highest BCUT2D eigenvalue weighted by atomic mass is 32.2. The molecule has 178 valence electrons. The summed E-state index contributed by atoms with van der Waals surface area (Å²) in [4.78, 5) is 12.7. The van der Waals surface area contributed by atoms with Crippen molar-refractivity contribution in [3.8, 4) is 5.75 Å². The molecule has 0 aliphatic rings. The molecule has 0 aromatic heterocycles. The van der Waals surface area contributed by atoms with Crippen LogP contribution in [0.1, 0.15) is 30.0 Å². The molecule has 3 rings (SSSR count). The monoisotopic (exact) mass is 479 g/mol. The lowest BCUT2D eigenvalue weighted by Gasteiger charge is -2.24. The number of sulfonamides is 1. The van der Waals surface area contributed by atoms with Crippen LogP contribution >= 0.6 is 0 Å². The Morgan fingerprint density at radius 3 is 2.12 bits per heavy atom. The van der Waals surface area contributed by atoms with Crippen LogP contribution in [0.5, 0.6) is 5.75 Å². The van der Waals surface area contributed by atoms with Gasteiger partial charge >= 0.3 is 0 Å². The fraction of sp³-hybridized carbons (Fsp3) is 0.231. The third-order valence-electron chi connectivity index (χ3n) is 4.97. The lowest BCUT2D eigenvalue weighted by Crippen LogP contribution is -2.39. The van der Waals surface area contributed by atoms with E-state index < -0.39 is 22.5 Å². The number of benzene rings is 3. The number of hydrazone groups is 1. The molecule has 0 spiro atoms. The van der Waals surface area contributed by atoms with Gasteiger partial charge in [0.1, 0.15) is 12.3 Å². The van der Waals surface area contributed by atoms with Crippen molar-refractivity contribution < 1.29 is 17.9 Å². The lowest BCUT2D eigenvalue weighted by atomic mass is 10.2. The van der Waals surface area contributed by atoms with Crippen molar-refractivity contribution in [2.24, 2.45) is 5.10 Å². The minimum atomic E-state index is -3.96. The number of anilines is 1. The fourth-order valence-electron chi connectivity index (χ4n) is 3.08.